The van der Waals surface area contributed by atoms with E-state index >= 15 is 0 Å². The Hall–Kier alpha value is -3.60. The summed E-state index contributed by atoms with van der Waals surface area (Å²) in [6, 6.07) is 11.3. The summed E-state index contributed by atoms with van der Waals surface area (Å²) in [7, 11) is 0. The standard InChI is InChI=1S/C24H22FN5O2/c1-2-16(24(31)28-22-6-4-14(12-26)29-30-22)23-17-10-15(11-18(17)23)32-21-7-8-27-20-5-3-13(25)9-19(20)21/h3-9,15-18,23H,2,10-11H2,1H3,(H,28,30,31). The van der Waals surface area contributed by atoms with Crippen LogP contribution < -0.4 is 10.1 Å². The van der Waals surface area contributed by atoms with E-state index in [-0.39, 0.29) is 29.4 Å². The fraction of sp³-hybridized carbons (Fsp3) is 0.375. The van der Waals surface area contributed by atoms with Gasteiger partial charge in [0.15, 0.2) is 11.5 Å². The van der Waals surface area contributed by atoms with Crippen molar-refractivity contribution in [3.05, 3.63) is 54.1 Å². The summed E-state index contributed by atoms with van der Waals surface area (Å²) < 4.78 is 19.9. The molecule has 1 amide bonds. The summed E-state index contributed by atoms with van der Waals surface area (Å²) in [4.78, 5) is 17.1. The Morgan fingerprint density at radius 1 is 1.25 bits per heavy atom. The van der Waals surface area contributed by atoms with Crippen molar-refractivity contribution in [2.45, 2.75) is 32.3 Å². The van der Waals surface area contributed by atoms with Crippen LogP contribution in [0.25, 0.3) is 10.9 Å². The van der Waals surface area contributed by atoms with Gasteiger partial charge in [0.2, 0.25) is 5.91 Å². The van der Waals surface area contributed by atoms with Gasteiger partial charge in [-0.1, -0.05) is 6.92 Å². The number of hydrogen-bond acceptors (Lipinski definition) is 6. The molecule has 3 aromatic rings. The van der Waals surface area contributed by atoms with Gasteiger partial charge < -0.3 is 10.1 Å². The second kappa shape index (κ2) is 8.15. The average molecular weight is 431 g/mol. The molecule has 7 nitrogen and oxygen atoms in total. The van der Waals surface area contributed by atoms with Crippen LogP contribution in [0.15, 0.2) is 42.6 Å². The highest BCUT2D eigenvalue weighted by Gasteiger charge is 2.60. The highest BCUT2D eigenvalue weighted by Crippen LogP contribution is 2.62. The van der Waals surface area contributed by atoms with Crippen molar-refractivity contribution in [3.8, 4) is 11.8 Å². The quantitative estimate of drug-likeness (QED) is 0.631. The van der Waals surface area contributed by atoms with Crippen molar-refractivity contribution in [1.29, 1.82) is 5.26 Å². The van der Waals surface area contributed by atoms with Crippen LogP contribution in [0.4, 0.5) is 10.2 Å². The van der Waals surface area contributed by atoms with E-state index in [9.17, 15) is 9.18 Å². The van der Waals surface area contributed by atoms with Crippen LogP contribution in [-0.2, 0) is 4.79 Å². The maximum atomic E-state index is 13.7. The first-order valence-electron chi connectivity index (χ1n) is 10.8. The van der Waals surface area contributed by atoms with Crippen LogP contribution in [0, 0.1) is 40.8 Å². The number of rotatable bonds is 6. The lowest BCUT2D eigenvalue weighted by molar-refractivity contribution is -0.121. The lowest BCUT2D eigenvalue weighted by Gasteiger charge is -2.21. The van der Waals surface area contributed by atoms with Crippen molar-refractivity contribution < 1.29 is 13.9 Å². The number of halogens is 1. The van der Waals surface area contributed by atoms with Crippen LogP contribution >= 0.6 is 0 Å². The monoisotopic (exact) mass is 431 g/mol. The summed E-state index contributed by atoms with van der Waals surface area (Å²) in [5.74, 6) is 1.78. The Kier molecular flexibility index (Phi) is 5.17. The Morgan fingerprint density at radius 2 is 2.06 bits per heavy atom. The summed E-state index contributed by atoms with van der Waals surface area (Å²) >= 11 is 0. The number of nitrogens with zero attached hydrogens (tertiary/aromatic N) is 4. The van der Waals surface area contributed by atoms with E-state index < -0.39 is 0 Å². The summed E-state index contributed by atoms with van der Waals surface area (Å²) in [5, 5.41) is 20.0. The van der Waals surface area contributed by atoms with Crippen molar-refractivity contribution in [3.63, 3.8) is 0 Å². The molecule has 2 aliphatic rings. The van der Waals surface area contributed by atoms with Gasteiger partial charge in [-0.25, -0.2) is 4.39 Å². The third-order valence-electron chi connectivity index (χ3n) is 6.70. The molecule has 0 radical (unpaired) electrons. The molecule has 1 aromatic carbocycles. The van der Waals surface area contributed by atoms with Gasteiger partial charge in [0.1, 0.15) is 17.6 Å². The number of carbonyl (C=O) groups is 1. The maximum Gasteiger partial charge on any atom is 0.228 e. The van der Waals surface area contributed by atoms with Gasteiger partial charge in [0.25, 0.3) is 0 Å². The number of ether oxygens (including phenoxy) is 1. The van der Waals surface area contributed by atoms with E-state index in [2.05, 4.69) is 20.5 Å². The molecule has 3 unspecified atom stereocenters. The molecule has 162 valence electrons. The summed E-state index contributed by atoms with van der Waals surface area (Å²) in [6.45, 7) is 2.02. The number of pyridine rings is 1. The lowest BCUT2D eigenvalue weighted by Crippen LogP contribution is -2.27. The first-order chi connectivity index (χ1) is 15.6. The predicted molar refractivity (Wildman–Crippen MR) is 115 cm³/mol. The van der Waals surface area contributed by atoms with Gasteiger partial charge in [-0.3, -0.25) is 9.78 Å². The molecule has 5 rings (SSSR count). The van der Waals surface area contributed by atoms with Crippen LogP contribution in [0.1, 0.15) is 31.9 Å². The number of benzene rings is 1. The van der Waals surface area contributed by atoms with E-state index in [0.717, 1.165) is 19.3 Å². The molecule has 0 aliphatic heterocycles. The van der Waals surface area contributed by atoms with E-state index in [1.807, 2.05) is 13.0 Å². The third-order valence-corrected chi connectivity index (χ3v) is 6.70. The minimum atomic E-state index is -0.312. The molecule has 2 aromatic heterocycles. The van der Waals surface area contributed by atoms with Crippen LogP contribution in [0.3, 0.4) is 0 Å². The van der Waals surface area contributed by atoms with Crippen molar-refractivity contribution in [2.75, 3.05) is 5.32 Å². The van der Waals surface area contributed by atoms with Gasteiger partial charge in [-0.2, -0.15) is 5.26 Å². The first-order valence-corrected chi connectivity index (χ1v) is 10.8. The van der Waals surface area contributed by atoms with E-state index in [1.54, 1.807) is 24.4 Å². The van der Waals surface area contributed by atoms with Gasteiger partial charge in [0.05, 0.1) is 11.6 Å². The minimum Gasteiger partial charge on any atom is -0.490 e. The average Bonchev–Trinajstić information content (AvgIpc) is 3.27. The van der Waals surface area contributed by atoms with Crippen LogP contribution in [0.5, 0.6) is 5.75 Å². The topological polar surface area (TPSA) is 101 Å². The molecule has 3 atom stereocenters. The normalized spacial score (nSPS) is 24.4. The highest BCUT2D eigenvalue weighted by atomic mass is 19.1. The molecule has 2 heterocycles. The Bertz CT molecular complexity index is 1200. The summed E-state index contributed by atoms with van der Waals surface area (Å²) in [5.41, 5.74) is 0.918. The molecule has 0 saturated heterocycles. The zero-order valence-corrected chi connectivity index (χ0v) is 17.5. The molecule has 2 saturated carbocycles. The van der Waals surface area contributed by atoms with Crippen molar-refractivity contribution in [1.82, 2.24) is 15.2 Å². The minimum absolute atomic E-state index is 0.0556. The van der Waals surface area contributed by atoms with E-state index in [0.29, 0.717) is 40.2 Å². The first kappa shape index (κ1) is 20.3. The number of nitrogens with one attached hydrogen (secondary N) is 1. The number of nitriles is 1. The predicted octanol–water partition coefficient (Wildman–Crippen LogP) is 4.10. The van der Waals surface area contributed by atoms with Gasteiger partial charge >= 0.3 is 0 Å². The Labute approximate surface area is 184 Å². The number of hydrogen-bond donors (Lipinski definition) is 1. The largest absolute Gasteiger partial charge is 0.490 e. The number of anilines is 1. The van der Waals surface area contributed by atoms with Gasteiger partial charge in [-0.15, -0.1) is 10.2 Å². The fourth-order valence-corrected chi connectivity index (χ4v) is 5.22. The Balaban J connectivity index is 1.21. The molecule has 2 aliphatic carbocycles. The zero-order chi connectivity index (χ0) is 22.2. The zero-order valence-electron chi connectivity index (χ0n) is 17.5. The molecule has 0 bridgehead atoms. The second-order valence-corrected chi connectivity index (χ2v) is 8.51. The van der Waals surface area contributed by atoms with Gasteiger partial charge in [-0.05, 0) is 73.4 Å². The third kappa shape index (κ3) is 3.75. The van der Waals surface area contributed by atoms with Crippen molar-refractivity contribution >= 4 is 22.6 Å². The molecular formula is C24H22FN5O2. The molecule has 1 N–H and O–H groups in total. The molecule has 0 spiro atoms. The smallest absolute Gasteiger partial charge is 0.228 e. The number of amides is 1. The molecule has 32 heavy (non-hydrogen) atoms. The summed E-state index contributed by atoms with van der Waals surface area (Å²) in [6.07, 6.45) is 4.24. The number of aromatic nitrogens is 3. The molecular weight excluding hydrogens is 409 g/mol. The van der Waals surface area contributed by atoms with Gasteiger partial charge in [0, 0.05) is 17.5 Å². The Morgan fingerprint density at radius 3 is 2.75 bits per heavy atom. The molecule has 2 fully saturated rings. The number of fused-ring (bicyclic) bond motifs is 2. The lowest BCUT2D eigenvalue weighted by atomic mass is 9.93. The maximum absolute atomic E-state index is 13.7. The fourth-order valence-electron chi connectivity index (χ4n) is 5.22. The SMILES string of the molecule is CCC(C(=O)Nc1ccc(C#N)nn1)C1C2CC(Oc3ccnc4ccc(F)cc34)CC21. The van der Waals surface area contributed by atoms with Crippen LogP contribution in [0.2, 0.25) is 0 Å². The van der Waals surface area contributed by atoms with Crippen LogP contribution in [-0.4, -0.2) is 27.2 Å². The molecule has 8 heteroatoms. The van der Waals surface area contributed by atoms with E-state index in [4.69, 9.17) is 10.00 Å². The van der Waals surface area contributed by atoms with E-state index in [1.165, 1.54) is 18.2 Å². The number of carbonyl (C=O) groups excluding carboxylic acids is 1. The second-order valence-electron chi connectivity index (χ2n) is 8.51. The highest BCUT2D eigenvalue weighted by molar-refractivity contribution is 5.92. The van der Waals surface area contributed by atoms with Crippen molar-refractivity contribution in [2.24, 2.45) is 23.7 Å².